The Labute approximate surface area is 121 Å². The van der Waals surface area contributed by atoms with E-state index in [4.69, 9.17) is 5.73 Å². The maximum Gasteiger partial charge on any atom is 0.223 e. The van der Waals surface area contributed by atoms with E-state index in [-0.39, 0.29) is 23.6 Å². The fourth-order valence-corrected chi connectivity index (χ4v) is 4.72. The van der Waals surface area contributed by atoms with Gasteiger partial charge < -0.3 is 15.7 Å². The minimum absolute atomic E-state index is 0.0604. The minimum Gasteiger partial charge on any atom is -0.393 e. The summed E-state index contributed by atoms with van der Waals surface area (Å²) in [6.45, 7) is 0.643. The van der Waals surface area contributed by atoms with Gasteiger partial charge in [-0.15, -0.1) is 0 Å². The summed E-state index contributed by atoms with van der Waals surface area (Å²) < 4.78 is 0. The van der Waals surface area contributed by atoms with Gasteiger partial charge >= 0.3 is 0 Å². The highest BCUT2D eigenvalue weighted by molar-refractivity contribution is 5.78. The molecule has 0 aromatic heterocycles. The van der Waals surface area contributed by atoms with Crippen LogP contribution in [-0.2, 0) is 4.79 Å². The third-order valence-corrected chi connectivity index (χ3v) is 5.87. The highest BCUT2D eigenvalue weighted by Crippen LogP contribution is 2.42. The third-order valence-electron chi connectivity index (χ3n) is 5.87. The number of hydrogen-bond acceptors (Lipinski definition) is 3. The number of amides is 1. The predicted molar refractivity (Wildman–Crippen MR) is 78.1 cm³/mol. The van der Waals surface area contributed by atoms with Crippen molar-refractivity contribution < 1.29 is 9.90 Å². The van der Waals surface area contributed by atoms with Crippen LogP contribution in [0.1, 0.15) is 64.2 Å². The lowest BCUT2D eigenvalue weighted by Gasteiger charge is -2.41. The zero-order chi connectivity index (χ0) is 14.2. The number of rotatable bonds is 3. The zero-order valence-electron chi connectivity index (χ0n) is 12.4. The van der Waals surface area contributed by atoms with Crippen molar-refractivity contribution in [2.24, 2.45) is 11.1 Å². The average Bonchev–Trinajstić information content (AvgIpc) is 2.72. The summed E-state index contributed by atoms with van der Waals surface area (Å²) >= 11 is 0. The molecule has 3 fully saturated rings. The lowest BCUT2D eigenvalue weighted by Crippen LogP contribution is -2.50. The van der Waals surface area contributed by atoms with Crippen molar-refractivity contribution in [1.82, 2.24) is 4.90 Å². The molecule has 2 aliphatic heterocycles. The summed E-state index contributed by atoms with van der Waals surface area (Å²) in [6.07, 6.45) is 10.1. The van der Waals surface area contributed by atoms with E-state index in [1.54, 1.807) is 0 Å². The SMILES string of the molecule is NCC1(CC(=O)N2C3CCC2CC(O)C3)CCCCC1. The van der Waals surface area contributed by atoms with E-state index in [1.807, 2.05) is 0 Å². The number of aliphatic hydroxyl groups is 1. The Morgan fingerprint density at radius 1 is 1.15 bits per heavy atom. The van der Waals surface area contributed by atoms with Gasteiger partial charge in [-0.1, -0.05) is 19.3 Å². The van der Waals surface area contributed by atoms with Crippen molar-refractivity contribution in [1.29, 1.82) is 0 Å². The smallest absolute Gasteiger partial charge is 0.223 e. The van der Waals surface area contributed by atoms with Crippen LogP contribution in [0.25, 0.3) is 0 Å². The molecule has 3 aliphatic rings. The standard InChI is InChI=1S/C16H28N2O2/c17-11-16(6-2-1-3-7-16)10-15(20)18-12-4-5-13(18)9-14(19)8-12/h12-14,19H,1-11,17H2. The summed E-state index contributed by atoms with van der Waals surface area (Å²) in [6, 6.07) is 0.573. The monoisotopic (exact) mass is 280 g/mol. The Morgan fingerprint density at radius 2 is 1.75 bits per heavy atom. The molecule has 1 aliphatic carbocycles. The number of nitrogens with two attached hydrogens (primary N) is 1. The molecular weight excluding hydrogens is 252 g/mol. The average molecular weight is 280 g/mol. The molecule has 4 heteroatoms. The molecule has 0 radical (unpaired) electrons. The molecule has 3 N–H and O–H groups in total. The van der Waals surface area contributed by atoms with Crippen LogP contribution in [0.2, 0.25) is 0 Å². The van der Waals surface area contributed by atoms with Crippen LogP contribution in [0, 0.1) is 5.41 Å². The fraction of sp³-hybridized carbons (Fsp3) is 0.938. The van der Waals surface area contributed by atoms with Gasteiger partial charge in [-0.3, -0.25) is 4.79 Å². The first-order valence-electron chi connectivity index (χ1n) is 8.33. The van der Waals surface area contributed by atoms with Crippen LogP contribution in [0.5, 0.6) is 0 Å². The molecule has 2 heterocycles. The molecule has 20 heavy (non-hydrogen) atoms. The van der Waals surface area contributed by atoms with E-state index >= 15 is 0 Å². The summed E-state index contributed by atoms with van der Waals surface area (Å²) in [7, 11) is 0. The number of aliphatic hydroxyl groups excluding tert-OH is 1. The van der Waals surface area contributed by atoms with Crippen molar-refractivity contribution in [3.05, 3.63) is 0 Å². The lowest BCUT2D eigenvalue weighted by molar-refractivity contribution is -0.140. The maximum atomic E-state index is 12.8. The molecule has 114 valence electrons. The van der Waals surface area contributed by atoms with Crippen LogP contribution in [0.4, 0.5) is 0 Å². The van der Waals surface area contributed by atoms with Crippen molar-refractivity contribution in [3.63, 3.8) is 0 Å². The van der Waals surface area contributed by atoms with Crippen molar-refractivity contribution >= 4 is 5.91 Å². The van der Waals surface area contributed by atoms with E-state index in [1.165, 1.54) is 19.3 Å². The summed E-state index contributed by atoms with van der Waals surface area (Å²) in [5.41, 5.74) is 6.07. The quantitative estimate of drug-likeness (QED) is 0.828. The first-order valence-corrected chi connectivity index (χ1v) is 8.33. The summed E-state index contributed by atoms with van der Waals surface area (Å²) in [5, 5.41) is 9.85. The Bertz CT molecular complexity index is 351. The molecule has 2 bridgehead atoms. The fourth-order valence-electron chi connectivity index (χ4n) is 4.72. The van der Waals surface area contributed by atoms with E-state index in [2.05, 4.69) is 4.90 Å². The van der Waals surface area contributed by atoms with Crippen LogP contribution >= 0.6 is 0 Å². The van der Waals surface area contributed by atoms with Gasteiger partial charge in [-0.25, -0.2) is 0 Å². The van der Waals surface area contributed by atoms with Crippen molar-refractivity contribution in [2.75, 3.05) is 6.54 Å². The minimum atomic E-state index is -0.199. The van der Waals surface area contributed by atoms with Gasteiger partial charge in [0.2, 0.25) is 5.91 Å². The molecule has 1 amide bonds. The highest BCUT2D eigenvalue weighted by atomic mass is 16.3. The van der Waals surface area contributed by atoms with E-state index in [9.17, 15) is 9.90 Å². The highest BCUT2D eigenvalue weighted by Gasteiger charge is 2.44. The molecule has 2 saturated heterocycles. The third kappa shape index (κ3) is 2.60. The van der Waals surface area contributed by atoms with Gasteiger partial charge in [0, 0.05) is 18.5 Å². The van der Waals surface area contributed by atoms with Gasteiger partial charge in [0.25, 0.3) is 0 Å². The molecule has 2 atom stereocenters. The zero-order valence-corrected chi connectivity index (χ0v) is 12.4. The largest absolute Gasteiger partial charge is 0.393 e. The molecule has 3 rings (SSSR count). The Kier molecular flexibility index (Phi) is 4.04. The Hall–Kier alpha value is -0.610. The van der Waals surface area contributed by atoms with E-state index in [0.717, 1.165) is 38.5 Å². The number of carbonyl (C=O) groups is 1. The molecule has 0 spiro atoms. The first kappa shape index (κ1) is 14.3. The van der Waals surface area contributed by atoms with Crippen LogP contribution in [0.15, 0.2) is 0 Å². The number of piperidine rings is 1. The number of nitrogens with zero attached hydrogens (tertiary/aromatic N) is 1. The second-order valence-corrected chi connectivity index (χ2v) is 7.25. The van der Waals surface area contributed by atoms with Gasteiger partial charge in [0.15, 0.2) is 0 Å². The van der Waals surface area contributed by atoms with Gasteiger partial charge in [0.05, 0.1) is 6.10 Å². The van der Waals surface area contributed by atoms with Crippen molar-refractivity contribution in [3.8, 4) is 0 Å². The number of hydrogen-bond donors (Lipinski definition) is 2. The predicted octanol–water partition coefficient (Wildman–Crippen LogP) is 1.80. The molecule has 1 saturated carbocycles. The number of fused-ring (bicyclic) bond motifs is 2. The second-order valence-electron chi connectivity index (χ2n) is 7.25. The van der Waals surface area contributed by atoms with Crippen LogP contribution < -0.4 is 5.73 Å². The van der Waals surface area contributed by atoms with E-state index in [0.29, 0.717) is 18.9 Å². The molecule has 0 aromatic rings. The normalized spacial score (nSPS) is 36.1. The number of carbonyl (C=O) groups excluding carboxylic acids is 1. The van der Waals surface area contributed by atoms with Crippen molar-refractivity contribution in [2.45, 2.75) is 82.4 Å². The topological polar surface area (TPSA) is 66.6 Å². The molecule has 0 aromatic carbocycles. The Balaban J connectivity index is 1.67. The molecule has 4 nitrogen and oxygen atoms in total. The van der Waals surface area contributed by atoms with Gasteiger partial charge in [-0.2, -0.15) is 0 Å². The second kappa shape index (κ2) is 5.64. The lowest BCUT2D eigenvalue weighted by atomic mass is 9.71. The molecular formula is C16H28N2O2. The molecule has 2 unspecified atom stereocenters. The van der Waals surface area contributed by atoms with Gasteiger partial charge in [0.1, 0.15) is 0 Å². The Morgan fingerprint density at radius 3 is 2.30 bits per heavy atom. The van der Waals surface area contributed by atoms with E-state index < -0.39 is 0 Å². The summed E-state index contributed by atoms with van der Waals surface area (Å²) in [4.78, 5) is 14.9. The van der Waals surface area contributed by atoms with Gasteiger partial charge in [-0.05, 0) is 50.5 Å². The maximum absolute atomic E-state index is 12.8. The summed E-state index contributed by atoms with van der Waals surface area (Å²) in [5.74, 6) is 0.303. The first-order chi connectivity index (χ1) is 9.63. The van der Waals surface area contributed by atoms with Crippen LogP contribution in [-0.4, -0.2) is 40.6 Å². The van der Waals surface area contributed by atoms with Crippen LogP contribution in [0.3, 0.4) is 0 Å².